The van der Waals surface area contributed by atoms with Crippen LogP contribution in [0.4, 0.5) is 5.69 Å². The van der Waals surface area contributed by atoms with E-state index in [0.717, 1.165) is 27.6 Å². The first-order valence-electron chi connectivity index (χ1n) is 6.98. The average molecular weight is 341 g/mol. The van der Waals surface area contributed by atoms with Crippen LogP contribution in [0.3, 0.4) is 0 Å². The van der Waals surface area contributed by atoms with E-state index < -0.39 is 0 Å². The Hall–Kier alpha value is -1.87. The van der Waals surface area contributed by atoms with Crippen LogP contribution in [-0.4, -0.2) is 4.98 Å². The highest BCUT2D eigenvalue weighted by molar-refractivity contribution is 9.10. The largest absolute Gasteiger partial charge is 0.379 e. The molecular formula is C18H17BrN2. The van der Waals surface area contributed by atoms with Gasteiger partial charge in [0.25, 0.3) is 0 Å². The van der Waals surface area contributed by atoms with Gasteiger partial charge in [-0.25, -0.2) is 0 Å². The van der Waals surface area contributed by atoms with Gasteiger partial charge in [0.15, 0.2) is 0 Å². The number of fused-ring (bicyclic) bond motifs is 1. The molecule has 0 amide bonds. The molecule has 0 atom stereocenters. The molecule has 3 aromatic rings. The molecule has 1 heterocycles. The van der Waals surface area contributed by atoms with Crippen molar-refractivity contribution in [2.24, 2.45) is 0 Å². The SMILES string of the molecule is Cc1cccc(CNc2cccc3cc(Br)cnc23)c1C. The van der Waals surface area contributed by atoms with Gasteiger partial charge in [-0.15, -0.1) is 0 Å². The fourth-order valence-corrected chi connectivity index (χ4v) is 2.82. The number of benzene rings is 2. The van der Waals surface area contributed by atoms with Crippen molar-refractivity contribution in [1.82, 2.24) is 4.98 Å². The topological polar surface area (TPSA) is 24.9 Å². The van der Waals surface area contributed by atoms with Crippen LogP contribution < -0.4 is 5.32 Å². The first-order valence-corrected chi connectivity index (χ1v) is 7.77. The Labute approximate surface area is 133 Å². The van der Waals surface area contributed by atoms with E-state index in [9.17, 15) is 0 Å². The van der Waals surface area contributed by atoms with Crippen molar-refractivity contribution in [3.05, 3.63) is 69.8 Å². The van der Waals surface area contributed by atoms with E-state index in [4.69, 9.17) is 0 Å². The van der Waals surface area contributed by atoms with Crippen molar-refractivity contribution < 1.29 is 0 Å². The molecule has 0 bridgehead atoms. The predicted molar refractivity (Wildman–Crippen MR) is 92.7 cm³/mol. The normalized spacial score (nSPS) is 10.8. The summed E-state index contributed by atoms with van der Waals surface area (Å²) in [6.45, 7) is 5.13. The Kier molecular flexibility index (Phi) is 3.93. The molecule has 21 heavy (non-hydrogen) atoms. The van der Waals surface area contributed by atoms with Gasteiger partial charge in [-0.3, -0.25) is 4.98 Å². The Morgan fingerprint density at radius 2 is 1.90 bits per heavy atom. The third-order valence-electron chi connectivity index (χ3n) is 3.86. The highest BCUT2D eigenvalue weighted by Gasteiger charge is 2.04. The van der Waals surface area contributed by atoms with Gasteiger partial charge in [-0.05, 0) is 58.6 Å². The third kappa shape index (κ3) is 2.93. The number of halogens is 1. The minimum atomic E-state index is 0.810. The molecule has 0 unspecified atom stereocenters. The van der Waals surface area contributed by atoms with E-state index in [2.05, 4.69) is 82.5 Å². The van der Waals surface area contributed by atoms with Gasteiger partial charge in [-0.1, -0.05) is 30.3 Å². The molecule has 0 fully saturated rings. The summed E-state index contributed by atoms with van der Waals surface area (Å²) in [4.78, 5) is 4.52. The Balaban J connectivity index is 1.90. The molecule has 0 saturated carbocycles. The number of rotatable bonds is 3. The van der Waals surface area contributed by atoms with Gasteiger partial charge in [-0.2, -0.15) is 0 Å². The number of hydrogen-bond donors (Lipinski definition) is 1. The summed E-state index contributed by atoms with van der Waals surface area (Å²) in [6.07, 6.45) is 1.84. The fourth-order valence-electron chi connectivity index (χ4n) is 2.47. The van der Waals surface area contributed by atoms with Crippen LogP contribution in [0, 0.1) is 13.8 Å². The van der Waals surface area contributed by atoms with Gasteiger partial charge in [0, 0.05) is 22.6 Å². The number of nitrogens with one attached hydrogen (secondary N) is 1. The zero-order valence-corrected chi connectivity index (χ0v) is 13.7. The first kappa shape index (κ1) is 14.1. The number of para-hydroxylation sites is 1. The third-order valence-corrected chi connectivity index (χ3v) is 4.30. The molecule has 0 radical (unpaired) electrons. The minimum absolute atomic E-state index is 0.810. The van der Waals surface area contributed by atoms with Gasteiger partial charge in [0.1, 0.15) is 0 Å². The highest BCUT2D eigenvalue weighted by atomic mass is 79.9. The van der Waals surface area contributed by atoms with Gasteiger partial charge in [0.05, 0.1) is 11.2 Å². The van der Waals surface area contributed by atoms with Crippen molar-refractivity contribution in [1.29, 1.82) is 0 Å². The molecule has 0 spiro atoms. The quantitative estimate of drug-likeness (QED) is 0.706. The zero-order valence-electron chi connectivity index (χ0n) is 12.2. The highest BCUT2D eigenvalue weighted by Crippen LogP contribution is 2.24. The fraction of sp³-hybridized carbons (Fsp3) is 0.167. The van der Waals surface area contributed by atoms with Crippen molar-refractivity contribution in [3.8, 4) is 0 Å². The molecule has 106 valence electrons. The van der Waals surface area contributed by atoms with Gasteiger partial charge in [0.2, 0.25) is 0 Å². The van der Waals surface area contributed by atoms with Crippen LogP contribution in [0.15, 0.2) is 53.1 Å². The summed E-state index contributed by atoms with van der Waals surface area (Å²) >= 11 is 3.47. The molecule has 0 aliphatic rings. The molecule has 2 aromatic carbocycles. The number of nitrogens with zero attached hydrogens (tertiary/aromatic N) is 1. The number of pyridine rings is 1. The summed E-state index contributed by atoms with van der Waals surface area (Å²) in [5.41, 5.74) is 6.08. The van der Waals surface area contributed by atoms with Crippen LogP contribution in [0.5, 0.6) is 0 Å². The summed E-state index contributed by atoms with van der Waals surface area (Å²) < 4.78 is 1.00. The van der Waals surface area contributed by atoms with E-state index in [1.165, 1.54) is 16.7 Å². The van der Waals surface area contributed by atoms with Crippen LogP contribution in [0.1, 0.15) is 16.7 Å². The van der Waals surface area contributed by atoms with E-state index in [1.54, 1.807) is 0 Å². The molecule has 0 aliphatic carbocycles. The maximum Gasteiger partial charge on any atom is 0.0934 e. The van der Waals surface area contributed by atoms with Crippen molar-refractivity contribution in [2.75, 3.05) is 5.32 Å². The van der Waals surface area contributed by atoms with E-state index in [1.807, 2.05) is 6.20 Å². The summed E-state index contributed by atoms with van der Waals surface area (Å²) in [5, 5.41) is 4.65. The molecule has 1 N–H and O–H groups in total. The van der Waals surface area contributed by atoms with E-state index in [0.29, 0.717) is 0 Å². The summed E-state index contributed by atoms with van der Waals surface area (Å²) in [7, 11) is 0. The van der Waals surface area contributed by atoms with Crippen molar-refractivity contribution in [3.63, 3.8) is 0 Å². The Morgan fingerprint density at radius 3 is 2.76 bits per heavy atom. The van der Waals surface area contributed by atoms with E-state index in [-0.39, 0.29) is 0 Å². The standard InChI is InChI=1S/C18H17BrN2/c1-12-5-3-7-15(13(12)2)10-20-17-8-4-6-14-9-16(19)11-21-18(14)17/h3-9,11,20H,10H2,1-2H3. The van der Waals surface area contributed by atoms with Gasteiger partial charge < -0.3 is 5.32 Å². The lowest BCUT2D eigenvalue weighted by atomic mass is 10.0. The zero-order chi connectivity index (χ0) is 14.8. The number of aryl methyl sites for hydroxylation is 1. The minimum Gasteiger partial charge on any atom is -0.379 e. The van der Waals surface area contributed by atoms with Crippen LogP contribution >= 0.6 is 15.9 Å². The lowest BCUT2D eigenvalue weighted by Gasteiger charge is -2.12. The monoisotopic (exact) mass is 340 g/mol. The van der Waals surface area contributed by atoms with Gasteiger partial charge >= 0.3 is 0 Å². The second-order valence-electron chi connectivity index (χ2n) is 5.24. The second kappa shape index (κ2) is 5.86. The van der Waals surface area contributed by atoms with E-state index >= 15 is 0 Å². The van der Waals surface area contributed by atoms with Crippen LogP contribution in [-0.2, 0) is 6.54 Å². The van der Waals surface area contributed by atoms with Crippen LogP contribution in [0.2, 0.25) is 0 Å². The number of hydrogen-bond acceptors (Lipinski definition) is 2. The second-order valence-corrected chi connectivity index (χ2v) is 6.16. The molecule has 3 heteroatoms. The maximum absolute atomic E-state index is 4.52. The Morgan fingerprint density at radius 1 is 1.10 bits per heavy atom. The smallest absolute Gasteiger partial charge is 0.0934 e. The average Bonchev–Trinajstić information content (AvgIpc) is 2.48. The molecule has 3 rings (SSSR count). The van der Waals surface area contributed by atoms with Crippen molar-refractivity contribution >= 4 is 32.5 Å². The number of aromatic nitrogens is 1. The van der Waals surface area contributed by atoms with Crippen molar-refractivity contribution in [2.45, 2.75) is 20.4 Å². The molecule has 2 nitrogen and oxygen atoms in total. The molecule has 1 aromatic heterocycles. The Bertz CT molecular complexity index is 796. The molecule has 0 saturated heterocycles. The molecular weight excluding hydrogens is 324 g/mol. The number of anilines is 1. The summed E-state index contributed by atoms with van der Waals surface area (Å²) in [6, 6.07) is 14.7. The predicted octanol–water partition coefficient (Wildman–Crippen LogP) is 5.23. The molecule has 0 aliphatic heterocycles. The lowest BCUT2D eigenvalue weighted by molar-refractivity contribution is 1.10. The maximum atomic E-state index is 4.52. The van der Waals surface area contributed by atoms with Crippen LogP contribution in [0.25, 0.3) is 10.9 Å². The summed E-state index contributed by atoms with van der Waals surface area (Å²) in [5.74, 6) is 0. The lowest BCUT2D eigenvalue weighted by Crippen LogP contribution is -2.03. The first-order chi connectivity index (χ1) is 10.1.